The summed E-state index contributed by atoms with van der Waals surface area (Å²) in [4.78, 5) is 4.10. The number of hydrogen-bond donors (Lipinski definition) is 0. The fourth-order valence-electron chi connectivity index (χ4n) is 1.02. The zero-order chi connectivity index (χ0) is 11.4. The highest BCUT2D eigenvalue weighted by molar-refractivity contribution is 7.99. The largest absolute Gasteiger partial charge is 0.248 e. The van der Waals surface area contributed by atoms with E-state index < -0.39 is 0 Å². The Morgan fingerprint density at radius 1 is 1.25 bits per heavy atom. The van der Waals surface area contributed by atoms with Crippen LogP contribution in [0.1, 0.15) is 5.56 Å². The van der Waals surface area contributed by atoms with Crippen molar-refractivity contribution in [3.63, 3.8) is 0 Å². The van der Waals surface area contributed by atoms with Crippen LogP contribution >= 0.6 is 23.4 Å². The van der Waals surface area contributed by atoms with E-state index in [1.807, 2.05) is 6.07 Å². The molecule has 0 aliphatic rings. The van der Waals surface area contributed by atoms with Crippen LogP contribution in [0.4, 0.5) is 0 Å². The quantitative estimate of drug-likeness (QED) is 0.817. The third-order valence-electron chi connectivity index (χ3n) is 1.73. The van der Waals surface area contributed by atoms with Crippen molar-refractivity contribution in [3.05, 3.63) is 41.2 Å². The molecular weight excluding hydrogens is 244 g/mol. The van der Waals surface area contributed by atoms with Crippen molar-refractivity contribution in [2.75, 3.05) is 0 Å². The summed E-state index contributed by atoms with van der Waals surface area (Å²) in [5, 5.41) is 18.1. The molecule has 4 nitrogen and oxygen atoms in total. The molecule has 0 spiro atoms. The SMILES string of the molecule is N#Cc1ccnnc1Sc1ncccc1Cl. The van der Waals surface area contributed by atoms with Gasteiger partial charge in [0.05, 0.1) is 16.8 Å². The molecule has 2 aromatic heterocycles. The molecule has 0 bridgehead atoms. The van der Waals surface area contributed by atoms with Gasteiger partial charge in [-0.05, 0) is 30.0 Å². The van der Waals surface area contributed by atoms with Gasteiger partial charge in [0.2, 0.25) is 0 Å². The predicted octanol–water partition coefficient (Wildman–Crippen LogP) is 2.55. The van der Waals surface area contributed by atoms with E-state index in [1.54, 1.807) is 24.4 Å². The summed E-state index contributed by atoms with van der Waals surface area (Å²) in [5.74, 6) is 0. The van der Waals surface area contributed by atoms with Gasteiger partial charge in [0.1, 0.15) is 16.1 Å². The number of hydrogen-bond acceptors (Lipinski definition) is 5. The van der Waals surface area contributed by atoms with Crippen molar-refractivity contribution in [1.82, 2.24) is 15.2 Å². The molecular formula is C10H5ClN4S. The standard InChI is InChI=1S/C10H5ClN4S/c11-8-2-1-4-13-10(8)16-9-7(6-12)3-5-14-15-9/h1-5H. The van der Waals surface area contributed by atoms with E-state index in [0.717, 1.165) is 0 Å². The fraction of sp³-hybridized carbons (Fsp3) is 0. The maximum Gasteiger partial charge on any atom is 0.143 e. The molecule has 16 heavy (non-hydrogen) atoms. The van der Waals surface area contributed by atoms with Crippen molar-refractivity contribution < 1.29 is 0 Å². The van der Waals surface area contributed by atoms with Gasteiger partial charge in [0.15, 0.2) is 0 Å². The van der Waals surface area contributed by atoms with Crippen molar-refractivity contribution in [3.8, 4) is 6.07 Å². The molecule has 6 heteroatoms. The highest BCUT2D eigenvalue weighted by Gasteiger charge is 2.09. The summed E-state index contributed by atoms with van der Waals surface area (Å²) >= 11 is 7.18. The average Bonchev–Trinajstić information content (AvgIpc) is 2.33. The first-order chi connectivity index (χ1) is 7.81. The summed E-state index contributed by atoms with van der Waals surface area (Å²) in [5.41, 5.74) is 0.460. The maximum absolute atomic E-state index is 8.88. The van der Waals surface area contributed by atoms with Gasteiger partial charge >= 0.3 is 0 Å². The molecule has 2 rings (SSSR count). The van der Waals surface area contributed by atoms with Crippen LogP contribution in [0.3, 0.4) is 0 Å². The van der Waals surface area contributed by atoms with Crippen LogP contribution in [0.25, 0.3) is 0 Å². The Morgan fingerprint density at radius 2 is 2.12 bits per heavy atom. The fourth-order valence-corrected chi connectivity index (χ4v) is 2.03. The Balaban J connectivity index is 2.35. The first kappa shape index (κ1) is 10.9. The Morgan fingerprint density at radius 3 is 2.88 bits per heavy atom. The van der Waals surface area contributed by atoms with Crippen molar-refractivity contribution >= 4 is 23.4 Å². The van der Waals surface area contributed by atoms with Gasteiger partial charge in [0.25, 0.3) is 0 Å². The lowest BCUT2D eigenvalue weighted by Crippen LogP contribution is -1.90. The number of pyridine rings is 1. The summed E-state index contributed by atoms with van der Waals surface area (Å²) in [7, 11) is 0. The highest BCUT2D eigenvalue weighted by atomic mass is 35.5. The van der Waals surface area contributed by atoms with Gasteiger partial charge in [-0.1, -0.05) is 11.6 Å². The van der Waals surface area contributed by atoms with Crippen LogP contribution in [0.2, 0.25) is 5.02 Å². The molecule has 0 radical (unpaired) electrons. The van der Waals surface area contributed by atoms with Crippen LogP contribution in [0.15, 0.2) is 40.6 Å². The van der Waals surface area contributed by atoms with Crippen LogP contribution in [-0.4, -0.2) is 15.2 Å². The second-order valence-electron chi connectivity index (χ2n) is 2.75. The average molecular weight is 249 g/mol. The lowest BCUT2D eigenvalue weighted by Gasteiger charge is -2.01. The van der Waals surface area contributed by atoms with Crippen molar-refractivity contribution in [2.45, 2.75) is 10.1 Å². The van der Waals surface area contributed by atoms with Gasteiger partial charge in [-0.15, -0.1) is 5.10 Å². The number of rotatable bonds is 2. The van der Waals surface area contributed by atoms with Crippen LogP contribution in [-0.2, 0) is 0 Å². The Kier molecular flexibility index (Phi) is 3.34. The van der Waals surface area contributed by atoms with Gasteiger partial charge in [-0.2, -0.15) is 10.4 Å². The molecule has 0 saturated carbocycles. The minimum atomic E-state index is 0.460. The Labute approximate surface area is 101 Å². The smallest absolute Gasteiger partial charge is 0.143 e. The molecule has 0 unspecified atom stereocenters. The van der Waals surface area contributed by atoms with E-state index >= 15 is 0 Å². The van der Waals surface area contributed by atoms with Gasteiger partial charge in [-0.25, -0.2) is 4.98 Å². The number of aromatic nitrogens is 3. The zero-order valence-electron chi connectivity index (χ0n) is 7.96. The summed E-state index contributed by atoms with van der Waals surface area (Å²) in [6, 6.07) is 7.12. The second kappa shape index (κ2) is 4.92. The first-order valence-electron chi connectivity index (χ1n) is 4.31. The topological polar surface area (TPSA) is 62.5 Å². The van der Waals surface area contributed by atoms with Crippen molar-refractivity contribution in [2.24, 2.45) is 0 Å². The second-order valence-corrected chi connectivity index (χ2v) is 4.14. The van der Waals surface area contributed by atoms with E-state index in [4.69, 9.17) is 16.9 Å². The molecule has 2 aromatic rings. The highest BCUT2D eigenvalue weighted by Crippen LogP contribution is 2.30. The van der Waals surface area contributed by atoms with Gasteiger partial charge in [0, 0.05) is 6.20 Å². The molecule has 0 aliphatic carbocycles. The Bertz CT molecular complexity index is 553. The monoisotopic (exact) mass is 248 g/mol. The molecule has 0 saturated heterocycles. The van der Waals surface area contributed by atoms with Crippen molar-refractivity contribution in [1.29, 1.82) is 5.26 Å². The third kappa shape index (κ3) is 2.30. The minimum absolute atomic E-state index is 0.460. The van der Waals surface area contributed by atoms with E-state index in [-0.39, 0.29) is 0 Å². The lowest BCUT2D eigenvalue weighted by atomic mass is 10.3. The molecule has 78 valence electrons. The molecule has 0 amide bonds. The number of halogens is 1. The van der Waals surface area contributed by atoms with E-state index in [1.165, 1.54) is 18.0 Å². The van der Waals surface area contributed by atoms with Crippen LogP contribution < -0.4 is 0 Å². The van der Waals surface area contributed by atoms with Gasteiger partial charge in [-0.3, -0.25) is 0 Å². The third-order valence-corrected chi connectivity index (χ3v) is 3.16. The van der Waals surface area contributed by atoms with Gasteiger partial charge < -0.3 is 0 Å². The molecule has 0 aliphatic heterocycles. The summed E-state index contributed by atoms with van der Waals surface area (Å²) in [6.07, 6.45) is 3.11. The summed E-state index contributed by atoms with van der Waals surface area (Å²) in [6.45, 7) is 0. The van der Waals surface area contributed by atoms with E-state index in [2.05, 4.69) is 15.2 Å². The molecule has 0 aromatic carbocycles. The molecule has 0 atom stereocenters. The predicted molar refractivity (Wildman–Crippen MR) is 60.1 cm³/mol. The first-order valence-corrected chi connectivity index (χ1v) is 5.51. The van der Waals surface area contributed by atoms with E-state index in [0.29, 0.717) is 20.6 Å². The molecule has 2 heterocycles. The Hall–Kier alpha value is -1.64. The number of nitrogens with zero attached hydrogens (tertiary/aromatic N) is 4. The lowest BCUT2D eigenvalue weighted by molar-refractivity contribution is 0.917. The van der Waals surface area contributed by atoms with Crippen LogP contribution in [0.5, 0.6) is 0 Å². The normalized spacial score (nSPS) is 9.75. The maximum atomic E-state index is 8.88. The zero-order valence-corrected chi connectivity index (χ0v) is 9.53. The van der Waals surface area contributed by atoms with Crippen LogP contribution in [0, 0.1) is 11.3 Å². The summed E-state index contributed by atoms with van der Waals surface area (Å²) < 4.78 is 0. The molecule has 0 N–H and O–H groups in total. The minimum Gasteiger partial charge on any atom is -0.248 e. The van der Waals surface area contributed by atoms with E-state index in [9.17, 15) is 0 Å². The molecule has 0 fully saturated rings. The number of nitriles is 1.